The van der Waals surface area contributed by atoms with Crippen molar-refractivity contribution in [3.05, 3.63) is 58.1 Å². The van der Waals surface area contributed by atoms with Crippen LogP contribution in [-0.4, -0.2) is 32.6 Å². The first-order valence-corrected chi connectivity index (χ1v) is 8.56. The lowest BCUT2D eigenvalue weighted by atomic mass is 10.2. The molecule has 0 saturated carbocycles. The normalized spacial score (nSPS) is 10.9. The Kier molecular flexibility index (Phi) is 4.84. The van der Waals surface area contributed by atoms with Crippen LogP contribution in [0.2, 0.25) is 0 Å². The van der Waals surface area contributed by atoms with E-state index in [4.69, 9.17) is 4.74 Å². The molecule has 0 aliphatic rings. The molecule has 0 aromatic heterocycles. The third-order valence-corrected chi connectivity index (χ3v) is 4.34. The van der Waals surface area contributed by atoms with Crippen molar-refractivity contribution in [3.63, 3.8) is 0 Å². The van der Waals surface area contributed by atoms with Crippen molar-refractivity contribution in [1.29, 1.82) is 0 Å². The van der Waals surface area contributed by atoms with Crippen molar-refractivity contribution < 1.29 is 22.9 Å². The highest BCUT2D eigenvalue weighted by atomic mass is 32.2. The van der Waals surface area contributed by atoms with Crippen LogP contribution < -0.4 is 10.1 Å². The maximum atomic E-state index is 12.4. The van der Waals surface area contributed by atoms with Gasteiger partial charge in [-0.05, 0) is 24.3 Å². The fraction of sp³-hybridized carbons (Fsp3) is 0.133. The van der Waals surface area contributed by atoms with Crippen molar-refractivity contribution in [1.82, 2.24) is 0 Å². The number of ether oxygens (including phenoxy) is 1. The second-order valence-electron chi connectivity index (χ2n) is 4.86. The number of carbonyl (C=O) groups excluding carboxylic acids is 1. The number of nitro benzene ring substituents is 1. The Bertz CT molecular complexity index is 908. The number of carbonyl (C=O) groups is 1. The molecule has 0 atom stereocenters. The van der Waals surface area contributed by atoms with Gasteiger partial charge in [0.15, 0.2) is 9.84 Å². The smallest absolute Gasteiger partial charge is 0.296 e. The minimum Gasteiger partial charge on any atom is -0.496 e. The van der Waals surface area contributed by atoms with Gasteiger partial charge in [-0.3, -0.25) is 14.9 Å². The van der Waals surface area contributed by atoms with Crippen LogP contribution in [0.25, 0.3) is 0 Å². The van der Waals surface area contributed by atoms with Crippen LogP contribution in [0, 0.1) is 10.1 Å². The second-order valence-corrected chi connectivity index (χ2v) is 6.85. The van der Waals surface area contributed by atoms with Crippen LogP contribution >= 0.6 is 0 Å². The summed E-state index contributed by atoms with van der Waals surface area (Å²) in [6.07, 6.45) is 0.981. The Balaban J connectivity index is 2.43. The van der Waals surface area contributed by atoms with Crippen molar-refractivity contribution in [2.45, 2.75) is 4.90 Å². The van der Waals surface area contributed by atoms with Gasteiger partial charge in [0.1, 0.15) is 11.4 Å². The van der Waals surface area contributed by atoms with Crippen LogP contribution in [0.15, 0.2) is 47.4 Å². The minimum atomic E-state index is -3.62. The van der Waals surface area contributed by atoms with Crippen molar-refractivity contribution in [2.75, 3.05) is 18.7 Å². The molecule has 126 valence electrons. The molecule has 0 aliphatic heterocycles. The third-order valence-electron chi connectivity index (χ3n) is 3.18. The Labute approximate surface area is 138 Å². The molecule has 0 saturated heterocycles. The molecule has 2 aromatic carbocycles. The molecule has 0 radical (unpaired) electrons. The van der Waals surface area contributed by atoms with Gasteiger partial charge in [-0.25, -0.2) is 8.42 Å². The van der Waals surface area contributed by atoms with E-state index in [1.54, 1.807) is 0 Å². The molecule has 0 aliphatic carbocycles. The first kappa shape index (κ1) is 17.4. The number of hydrogen-bond donors (Lipinski definition) is 1. The molecule has 9 heteroatoms. The molecule has 0 unspecified atom stereocenters. The first-order valence-electron chi connectivity index (χ1n) is 6.67. The van der Waals surface area contributed by atoms with E-state index in [-0.39, 0.29) is 27.6 Å². The van der Waals surface area contributed by atoms with Crippen molar-refractivity contribution in [2.24, 2.45) is 0 Å². The molecule has 24 heavy (non-hydrogen) atoms. The predicted molar refractivity (Wildman–Crippen MR) is 87.2 cm³/mol. The summed E-state index contributed by atoms with van der Waals surface area (Å²) in [5.41, 5.74) is -0.515. The van der Waals surface area contributed by atoms with E-state index in [1.807, 2.05) is 0 Å². The van der Waals surface area contributed by atoms with Crippen LogP contribution in [0.3, 0.4) is 0 Å². The molecule has 8 nitrogen and oxygen atoms in total. The standard InChI is InChI=1S/C15H14N2O6S/c1-23-10-7-8-12(13(9-10)17(19)20)16-15(18)11-5-3-4-6-14(11)24(2,21)22/h3-9H,1-2H3,(H,16,18). The van der Waals surface area contributed by atoms with E-state index in [0.29, 0.717) is 0 Å². The number of nitrogens with zero attached hydrogens (tertiary/aromatic N) is 1. The lowest BCUT2D eigenvalue weighted by Crippen LogP contribution is -2.16. The highest BCUT2D eigenvalue weighted by Crippen LogP contribution is 2.29. The van der Waals surface area contributed by atoms with Gasteiger partial charge in [0.25, 0.3) is 11.6 Å². The zero-order chi connectivity index (χ0) is 17.9. The van der Waals surface area contributed by atoms with Gasteiger partial charge in [0, 0.05) is 6.26 Å². The van der Waals surface area contributed by atoms with E-state index in [0.717, 1.165) is 12.3 Å². The lowest BCUT2D eigenvalue weighted by Gasteiger charge is -2.10. The zero-order valence-electron chi connectivity index (χ0n) is 12.8. The molecule has 2 aromatic rings. The Morgan fingerprint density at radius 2 is 1.88 bits per heavy atom. The molecule has 2 rings (SSSR count). The maximum absolute atomic E-state index is 12.4. The number of nitrogens with one attached hydrogen (secondary N) is 1. The Hall–Kier alpha value is -2.94. The van der Waals surface area contributed by atoms with Crippen LogP contribution in [-0.2, 0) is 9.84 Å². The van der Waals surface area contributed by atoms with Crippen molar-refractivity contribution in [3.8, 4) is 5.75 Å². The molecule has 0 bridgehead atoms. The van der Waals surface area contributed by atoms with Gasteiger partial charge < -0.3 is 10.1 Å². The summed E-state index contributed by atoms with van der Waals surface area (Å²) >= 11 is 0. The fourth-order valence-electron chi connectivity index (χ4n) is 2.06. The van der Waals surface area contributed by atoms with Crippen LogP contribution in [0.1, 0.15) is 10.4 Å². The number of nitro groups is 1. The number of anilines is 1. The van der Waals surface area contributed by atoms with Gasteiger partial charge in [-0.1, -0.05) is 12.1 Å². The summed E-state index contributed by atoms with van der Waals surface area (Å²) in [5, 5.41) is 13.5. The fourth-order valence-corrected chi connectivity index (χ4v) is 2.95. The average molecular weight is 350 g/mol. The van der Waals surface area contributed by atoms with Crippen LogP contribution in [0.4, 0.5) is 11.4 Å². The summed E-state index contributed by atoms with van der Waals surface area (Å²) in [4.78, 5) is 22.7. The first-order chi connectivity index (χ1) is 11.2. The summed E-state index contributed by atoms with van der Waals surface area (Å²) in [5.74, 6) is -0.500. The Morgan fingerprint density at radius 1 is 1.21 bits per heavy atom. The highest BCUT2D eigenvalue weighted by Gasteiger charge is 2.22. The van der Waals surface area contributed by atoms with E-state index in [1.165, 1.54) is 43.5 Å². The summed E-state index contributed by atoms with van der Waals surface area (Å²) in [6.45, 7) is 0. The molecular formula is C15H14N2O6S. The summed E-state index contributed by atoms with van der Waals surface area (Å²) in [6, 6.07) is 9.56. The quantitative estimate of drug-likeness (QED) is 0.653. The van der Waals surface area contributed by atoms with Gasteiger partial charge >= 0.3 is 0 Å². The summed E-state index contributed by atoms with van der Waals surface area (Å²) < 4.78 is 28.4. The van der Waals surface area contributed by atoms with Crippen molar-refractivity contribution >= 4 is 27.1 Å². The maximum Gasteiger partial charge on any atom is 0.296 e. The average Bonchev–Trinajstić information content (AvgIpc) is 2.54. The summed E-state index contributed by atoms with van der Waals surface area (Å²) in [7, 11) is -2.26. The SMILES string of the molecule is COc1ccc(NC(=O)c2ccccc2S(C)(=O)=O)c([N+](=O)[O-])c1. The molecule has 0 spiro atoms. The van der Waals surface area contributed by atoms with E-state index in [2.05, 4.69) is 5.32 Å². The lowest BCUT2D eigenvalue weighted by molar-refractivity contribution is -0.384. The molecule has 0 fully saturated rings. The number of hydrogen-bond acceptors (Lipinski definition) is 6. The highest BCUT2D eigenvalue weighted by molar-refractivity contribution is 7.90. The monoisotopic (exact) mass is 350 g/mol. The molecule has 1 N–H and O–H groups in total. The number of amides is 1. The molecular weight excluding hydrogens is 336 g/mol. The minimum absolute atomic E-state index is 0.0610. The second kappa shape index (κ2) is 6.67. The van der Waals surface area contributed by atoms with Gasteiger partial charge in [-0.15, -0.1) is 0 Å². The van der Waals surface area contributed by atoms with E-state index < -0.39 is 20.7 Å². The largest absolute Gasteiger partial charge is 0.496 e. The van der Waals surface area contributed by atoms with Crippen LogP contribution in [0.5, 0.6) is 5.75 Å². The third kappa shape index (κ3) is 3.69. The molecule has 1 amide bonds. The van der Waals surface area contributed by atoms with Gasteiger partial charge in [-0.2, -0.15) is 0 Å². The predicted octanol–water partition coefficient (Wildman–Crippen LogP) is 2.26. The number of methoxy groups -OCH3 is 1. The van der Waals surface area contributed by atoms with E-state index >= 15 is 0 Å². The number of sulfone groups is 1. The van der Waals surface area contributed by atoms with Gasteiger partial charge in [0.2, 0.25) is 0 Å². The molecule has 0 heterocycles. The zero-order valence-corrected chi connectivity index (χ0v) is 13.7. The Morgan fingerprint density at radius 3 is 2.46 bits per heavy atom. The number of rotatable bonds is 5. The topological polar surface area (TPSA) is 116 Å². The van der Waals surface area contributed by atoms with Gasteiger partial charge in [0.05, 0.1) is 28.6 Å². The van der Waals surface area contributed by atoms with E-state index in [9.17, 15) is 23.3 Å². The number of benzene rings is 2.